The molecule has 0 saturated carbocycles. The number of amides is 1. The zero-order valence-corrected chi connectivity index (χ0v) is 10.2. The van der Waals surface area contributed by atoms with Gasteiger partial charge in [-0.1, -0.05) is 0 Å². The number of hydrogen-bond acceptors (Lipinski definition) is 3. The average molecular weight is 267 g/mol. The highest BCUT2D eigenvalue weighted by Crippen LogP contribution is 2.28. The van der Waals surface area contributed by atoms with E-state index < -0.39 is 18.5 Å². The molecule has 0 fully saturated rings. The van der Waals surface area contributed by atoms with E-state index >= 15 is 0 Å². The molecule has 1 aromatic carbocycles. The van der Waals surface area contributed by atoms with Crippen LogP contribution in [0.4, 0.5) is 10.1 Å². The molecule has 0 aromatic heterocycles. The number of benzene rings is 1. The van der Waals surface area contributed by atoms with Gasteiger partial charge in [-0.05, 0) is 30.2 Å². The quantitative estimate of drug-likeness (QED) is 0.851. The van der Waals surface area contributed by atoms with E-state index in [1.165, 1.54) is 23.1 Å². The third-order valence-corrected chi connectivity index (χ3v) is 3.05. The lowest BCUT2D eigenvalue weighted by Crippen LogP contribution is -2.41. The Bertz CT molecular complexity index is 517. The number of aliphatic carboxylic acids is 1. The van der Waals surface area contributed by atoms with Crippen LogP contribution in [0.15, 0.2) is 18.2 Å². The fourth-order valence-electron chi connectivity index (χ4n) is 2.21. The molecule has 1 aromatic rings. The lowest BCUT2D eigenvalue weighted by atomic mass is 10.0. The highest BCUT2D eigenvalue weighted by molar-refractivity contribution is 5.96. The summed E-state index contributed by atoms with van der Waals surface area (Å²) in [6.45, 7) is -0.0935. The van der Waals surface area contributed by atoms with Crippen LogP contribution >= 0.6 is 0 Å². The molecule has 1 aliphatic heterocycles. The van der Waals surface area contributed by atoms with E-state index in [0.29, 0.717) is 17.7 Å². The molecule has 0 spiro atoms. The van der Waals surface area contributed by atoms with Crippen LogP contribution in [0.1, 0.15) is 18.4 Å². The fourth-order valence-corrected chi connectivity index (χ4v) is 2.21. The van der Waals surface area contributed by atoms with E-state index in [2.05, 4.69) is 0 Å². The van der Waals surface area contributed by atoms with Crippen molar-refractivity contribution in [2.45, 2.75) is 25.4 Å². The van der Waals surface area contributed by atoms with Crippen molar-refractivity contribution in [3.05, 3.63) is 29.6 Å². The molecule has 1 atom stereocenters. The number of nitrogens with zero attached hydrogens (tertiary/aromatic N) is 1. The molecule has 0 bridgehead atoms. The molecule has 0 saturated heterocycles. The van der Waals surface area contributed by atoms with Crippen LogP contribution in [-0.2, 0) is 16.0 Å². The summed E-state index contributed by atoms with van der Waals surface area (Å²) in [6, 6.07) is 4.08. The molecule has 1 amide bonds. The van der Waals surface area contributed by atoms with E-state index in [9.17, 15) is 19.1 Å². The minimum absolute atomic E-state index is 0.0935. The third kappa shape index (κ3) is 3.08. The predicted molar refractivity (Wildman–Crippen MR) is 65.3 cm³/mol. The van der Waals surface area contributed by atoms with Gasteiger partial charge in [-0.3, -0.25) is 9.59 Å². The molecule has 19 heavy (non-hydrogen) atoms. The number of rotatable bonds is 4. The number of carbonyl (C=O) groups is 2. The number of fused-ring (bicyclic) bond motifs is 1. The van der Waals surface area contributed by atoms with Crippen LogP contribution in [0.3, 0.4) is 0 Å². The Morgan fingerprint density at radius 1 is 1.42 bits per heavy atom. The number of aliphatic hydroxyl groups is 1. The first kappa shape index (κ1) is 13.5. The lowest BCUT2D eigenvalue weighted by Gasteiger charge is -2.30. The summed E-state index contributed by atoms with van der Waals surface area (Å²) in [5.41, 5.74) is 1.24. The number of carboxylic acids is 1. The van der Waals surface area contributed by atoms with Crippen LogP contribution in [-0.4, -0.2) is 34.7 Å². The molecule has 1 unspecified atom stereocenters. The van der Waals surface area contributed by atoms with Gasteiger partial charge in [0.1, 0.15) is 5.82 Å². The van der Waals surface area contributed by atoms with Gasteiger partial charge in [-0.2, -0.15) is 0 Å². The monoisotopic (exact) mass is 267 g/mol. The molecule has 2 N–H and O–H groups in total. The summed E-state index contributed by atoms with van der Waals surface area (Å²) in [5, 5.41) is 18.2. The number of halogens is 1. The standard InChI is InChI=1S/C13H14FNO4/c14-9-2-3-11-8(5-9)1-4-12(17)15(11)7-10(16)6-13(18)19/h2-3,5,10,16H,1,4,6-7H2,(H,18,19). The second kappa shape index (κ2) is 5.36. The number of aliphatic hydroxyl groups excluding tert-OH is 1. The van der Waals surface area contributed by atoms with Gasteiger partial charge in [0, 0.05) is 12.1 Å². The Balaban J connectivity index is 2.20. The Kier molecular flexibility index (Phi) is 3.80. The third-order valence-electron chi connectivity index (χ3n) is 3.05. The van der Waals surface area contributed by atoms with Crippen molar-refractivity contribution >= 4 is 17.6 Å². The number of hydrogen-bond donors (Lipinski definition) is 2. The van der Waals surface area contributed by atoms with Crippen LogP contribution in [0.5, 0.6) is 0 Å². The predicted octanol–water partition coefficient (Wildman–Crippen LogP) is 0.940. The van der Waals surface area contributed by atoms with Gasteiger partial charge in [0.25, 0.3) is 0 Å². The first-order valence-corrected chi connectivity index (χ1v) is 5.96. The molecular weight excluding hydrogens is 253 g/mol. The van der Waals surface area contributed by atoms with Crippen molar-refractivity contribution in [2.24, 2.45) is 0 Å². The van der Waals surface area contributed by atoms with Gasteiger partial charge < -0.3 is 15.1 Å². The Labute approximate surface area is 109 Å². The minimum atomic E-state index is -1.14. The summed E-state index contributed by atoms with van der Waals surface area (Å²) in [5.74, 6) is -1.70. The van der Waals surface area contributed by atoms with Gasteiger partial charge >= 0.3 is 5.97 Å². The number of β-amino-alcohol motifs (C(OH)–C–C–N with tert-alkyl or cyclic N) is 1. The van der Waals surface area contributed by atoms with Crippen molar-refractivity contribution in [2.75, 3.05) is 11.4 Å². The lowest BCUT2D eigenvalue weighted by molar-refractivity contribution is -0.139. The normalized spacial score (nSPS) is 16.1. The van der Waals surface area contributed by atoms with Crippen LogP contribution in [0.2, 0.25) is 0 Å². The Morgan fingerprint density at radius 3 is 2.84 bits per heavy atom. The molecule has 6 heteroatoms. The van der Waals surface area contributed by atoms with Gasteiger partial charge in [0.15, 0.2) is 0 Å². The topological polar surface area (TPSA) is 77.8 Å². The molecule has 1 heterocycles. The number of anilines is 1. The molecule has 102 valence electrons. The first-order chi connectivity index (χ1) is 8.97. The molecule has 0 radical (unpaired) electrons. The van der Waals surface area contributed by atoms with Crippen LogP contribution in [0.25, 0.3) is 0 Å². The maximum atomic E-state index is 13.1. The van der Waals surface area contributed by atoms with Gasteiger partial charge in [0.05, 0.1) is 19.1 Å². The smallest absolute Gasteiger partial charge is 0.306 e. The van der Waals surface area contributed by atoms with Gasteiger partial charge in [-0.25, -0.2) is 4.39 Å². The highest BCUT2D eigenvalue weighted by Gasteiger charge is 2.26. The van der Waals surface area contributed by atoms with Crippen molar-refractivity contribution in [1.82, 2.24) is 0 Å². The summed E-state index contributed by atoms with van der Waals surface area (Å²) in [6.07, 6.45) is -0.883. The van der Waals surface area contributed by atoms with Crippen molar-refractivity contribution < 1.29 is 24.2 Å². The second-order valence-electron chi connectivity index (χ2n) is 4.53. The highest BCUT2D eigenvalue weighted by atomic mass is 19.1. The van der Waals surface area contributed by atoms with E-state index in [0.717, 1.165) is 0 Å². The maximum absolute atomic E-state index is 13.1. The largest absolute Gasteiger partial charge is 0.481 e. The zero-order valence-electron chi connectivity index (χ0n) is 10.2. The van der Waals surface area contributed by atoms with Crippen molar-refractivity contribution in [3.8, 4) is 0 Å². The average Bonchev–Trinajstić information content (AvgIpc) is 2.32. The molecule has 1 aliphatic rings. The fraction of sp³-hybridized carbons (Fsp3) is 0.385. The van der Waals surface area contributed by atoms with E-state index in [1.807, 2.05) is 0 Å². The Hall–Kier alpha value is -1.95. The summed E-state index contributed by atoms with van der Waals surface area (Å²) in [4.78, 5) is 23.7. The number of carbonyl (C=O) groups excluding carboxylic acids is 1. The van der Waals surface area contributed by atoms with E-state index in [-0.39, 0.29) is 24.7 Å². The number of carboxylic acid groups (broad SMARTS) is 1. The summed E-state index contributed by atoms with van der Waals surface area (Å²) >= 11 is 0. The summed E-state index contributed by atoms with van der Waals surface area (Å²) in [7, 11) is 0. The molecule has 0 aliphatic carbocycles. The molecule has 2 rings (SSSR count). The number of aryl methyl sites for hydroxylation is 1. The van der Waals surface area contributed by atoms with E-state index in [4.69, 9.17) is 5.11 Å². The maximum Gasteiger partial charge on any atom is 0.306 e. The summed E-state index contributed by atoms with van der Waals surface area (Å²) < 4.78 is 13.1. The second-order valence-corrected chi connectivity index (χ2v) is 4.53. The van der Waals surface area contributed by atoms with Crippen LogP contribution in [0, 0.1) is 5.82 Å². The van der Waals surface area contributed by atoms with E-state index in [1.54, 1.807) is 0 Å². The Morgan fingerprint density at radius 2 is 2.16 bits per heavy atom. The SMILES string of the molecule is O=C(O)CC(O)CN1C(=O)CCc2cc(F)ccc21. The first-order valence-electron chi connectivity index (χ1n) is 5.96. The van der Waals surface area contributed by atoms with Crippen LogP contribution < -0.4 is 4.90 Å². The van der Waals surface area contributed by atoms with Gasteiger partial charge in [-0.15, -0.1) is 0 Å². The minimum Gasteiger partial charge on any atom is -0.481 e. The molecule has 5 nitrogen and oxygen atoms in total. The zero-order chi connectivity index (χ0) is 14.0. The van der Waals surface area contributed by atoms with Crippen molar-refractivity contribution in [3.63, 3.8) is 0 Å². The van der Waals surface area contributed by atoms with Gasteiger partial charge in [0.2, 0.25) is 5.91 Å². The van der Waals surface area contributed by atoms with Crippen molar-refractivity contribution in [1.29, 1.82) is 0 Å². The molecular formula is C13H14FNO4.